The second-order valence-corrected chi connectivity index (χ2v) is 3.32. The van der Waals surface area contributed by atoms with Gasteiger partial charge in [-0.2, -0.15) is 5.11 Å². The van der Waals surface area contributed by atoms with E-state index in [9.17, 15) is 9.90 Å². The van der Waals surface area contributed by atoms with Crippen molar-refractivity contribution in [3.63, 3.8) is 0 Å². The number of hydrogen-bond acceptors (Lipinski definition) is 4. The van der Waals surface area contributed by atoms with Gasteiger partial charge in [-0.3, -0.25) is 4.79 Å². The van der Waals surface area contributed by atoms with Crippen molar-refractivity contribution in [3.05, 3.63) is 35.9 Å². The molecule has 1 amide bonds. The van der Waals surface area contributed by atoms with Crippen molar-refractivity contribution in [2.24, 2.45) is 10.8 Å². The second-order valence-electron chi connectivity index (χ2n) is 3.32. The van der Waals surface area contributed by atoms with Crippen molar-refractivity contribution in [2.75, 3.05) is 0 Å². The van der Waals surface area contributed by atoms with Crippen molar-refractivity contribution < 1.29 is 9.90 Å². The molecule has 0 aliphatic carbocycles. The van der Waals surface area contributed by atoms with E-state index in [0.717, 1.165) is 0 Å². The lowest BCUT2D eigenvalue weighted by Gasteiger charge is -2.07. The number of nitrogens with zero attached hydrogens (tertiary/aromatic N) is 1. The summed E-state index contributed by atoms with van der Waals surface area (Å²) in [6.45, 7) is 0. The molecule has 0 radical (unpaired) electrons. The fourth-order valence-corrected chi connectivity index (χ4v) is 1.62. The van der Waals surface area contributed by atoms with E-state index >= 15 is 0 Å². The monoisotopic (exact) mass is 215 g/mol. The molecule has 2 rings (SSSR count). The van der Waals surface area contributed by atoms with E-state index in [1.54, 1.807) is 24.3 Å². The van der Waals surface area contributed by atoms with Gasteiger partial charge in [-0.1, -0.05) is 24.3 Å². The summed E-state index contributed by atoms with van der Waals surface area (Å²) in [4.78, 5) is 11.1. The lowest BCUT2D eigenvalue weighted by atomic mass is 10.0. The highest BCUT2D eigenvalue weighted by Crippen LogP contribution is 2.37. The SMILES string of the molecule is N=Nc1c(O)c(C(N)=O)cc2ccccc12. The van der Waals surface area contributed by atoms with Crippen LogP contribution in [-0.2, 0) is 0 Å². The zero-order valence-corrected chi connectivity index (χ0v) is 8.27. The van der Waals surface area contributed by atoms with E-state index in [1.165, 1.54) is 6.07 Å². The molecule has 16 heavy (non-hydrogen) atoms. The predicted molar refractivity (Wildman–Crippen MR) is 58.9 cm³/mol. The molecular formula is C11H9N3O2. The largest absolute Gasteiger partial charge is 0.505 e. The molecule has 5 heteroatoms. The van der Waals surface area contributed by atoms with Gasteiger partial charge in [-0.15, -0.1) is 0 Å². The third kappa shape index (κ3) is 1.38. The standard InChI is InChI=1S/C11H9N3O2/c12-11(16)8-5-6-3-1-2-4-7(6)9(14-13)10(8)15/h1-5,13,15H,(H2,12,16). The lowest BCUT2D eigenvalue weighted by Crippen LogP contribution is -2.11. The minimum absolute atomic E-state index is 0.0234. The van der Waals surface area contributed by atoms with Gasteiger partial charge in [0.2, 0.25) is 0 Å². The fourth-order valence-electron chi connectivity index (χ4n) is 1.62. The number of carbonyl (C=O) groups is 1. The van der Waals surface area contributed by atoms with E-state index in [-0.39, 0.29) is 17.0 Å². The van der Waals surface area contributed by atoms with Crippen LogP contribution in [0.1, 0.15) is 10.4 Å². The highest BCUT2D eigenvalue weighted by Gasteiger charge is 2.15. The number of phenols is 1. The summed E-state index contributed by atoms with van der Waals surface area (Å²) in [6, 6.07) is 8.52. The van der Waals surface area contributed by atoms with Crippen LogP contribution in [0, 0.1) is 5.53 Å². The van der Waals surface area contributed by atoms with Crippen LogP contribution in [0.5, 0.6) is 5.75 Å². The molecule has 0 heterocycles. The molecule has 0 spiro atoms. The molecule has 0 atom stereocenters. The maximum atomic E-state index is 11.1. The van der Waals surface area contributed by atoms with Gasteiger partial charge in [-0.25, -0.2) is 5.53 Å². The highest BCUT2D eigenvalue weighted by atomic mass is 16.3. The number of aromatic hydroxyl groups is 1. The third-order valence-electron chi connectivity index (χ3n) is 2.37. The molecule has 0 bridgehead atoms. The number of carbonyl (C=O) groups excluding carboxylic acids is 1. The summed E-state index contributed by atoms with van der Waals surface area (Å²) >= 11 is 0. The van der Waals surface area contributed by atoms with Gasteiger partial charge in [0, 0.05) is 5.39 Å². The number of nitrogens with two attached hydrogens (primary N) is 1. The Kier molecular flexibility index (Phi) is 2.28. The second kappa shape index (κ2) is 3.62. The average molecular weight is 215 g/mol. The van der Waals surface area contributed by atoms with Gasteiger partial charge in [0.25, 0.3) is 5.91 Å². The Hall–Kier alpha value is -2.43. The average Bonchev–Trinajstić information content (AvgIpc) is 2.28. The Morgan fingerprint density at radius 1 is 1.38 bits per heavy atom. The van der Waals surface area contributed by atoms with E-state index in [2.05, 4.69) is 5.11 Å². The molecule has 80 valence electrons. The Labute approximate surface area is 91.0 Å². The Morgan fingerprint density at radius 3 is 2.69 bits per heavy atom. The molecule has 0 aromatic heterocycles. The molecular weight excluding hydrogens is 206 g/mol. The Bertz CT molecular complexity index is 593. The van der Waals surface area contributed by atoms with Gasteiger partial charge < -0.3 is 10.8 Å². The molecule has 0 fully saturated rings. The Morgan fingerprint density at radius 2 is 2.06 bits per heavy atom. The smallest absolute Gasteiger partial charge is 0.252 e. The number of rotatable bonds is 2. The first-order valence-corrected chi connectivity index (χ1v) is 4.57. The van der Waals surface area contributed by atoms with Crippen LogP contribution in [0.3, 0.4) is 0 Å². The molecule has 0 unspecified atom stereocenters. The molecule has 0 saturated carbocycles. The van der Waals surface area contributed by atoms with E-state index in [1.807, 2.05) is 0 Å². The number of fused-ring (bicyclic) bond motifs is 1. The first-order chi connectivity index (χ1) is 7.65. The zero-order valence-electron chi connectivity index (χ0n) is 8.27. The van der Waals surface area contributed by atoms with Crippen LogP contribution < -0.4 is 5.73 Å². The summed E-state index contributed by atoms with van der Waals surface area (Å²) < 4.78 is 0. The summed E-state index contributed by atoms with van der Waals surface area (Å²) in [7, 11) is 0. The summed E-state index contributed by atoms with van der Waals surface area (Å²) in [5.74, 6) is -1.09. The van der Waals surface area contributed by atoms with Crippen LogP contribution in [0.15, 0.2) is 35.4 Å². The summed E-state index contributed by atoms with van der Waals surface area (Å²) in [5, 5.41) is 14.3. The fraction of sp³-hybridized carbons (Fsp3) is 0. The minimum atomic E-state index is -0.742. The van der Waals surface area contributed by atoms with Crippen LogP contribution in [0.25, 0.3) is 10.8 Å². The Balaban J connectivity index is 2.93. The number of hydrogen-bond donors (Lipinski definition) is 3. The van der Waals surface area contributed by atoms with Crippen LogP contribution in [0.4, 0.5) is 5.69 Å². The highest BCUT2D eigenvalue weighted by molar-refractivity contribution is 6.06. The van der Waals surface area contributed by atoms with E-state index in [0.29, 0.717) is 10.8 Å². The number of nitrogens with one attached hydrogen (secondary N) is 1. The van der Waals surface area contributed by atoms with Crippen LogP contribution in [0.2, 0.25) is 0 Å². The minimum Gasteiger partial charge on any atom is -0.505 e. The summed E-state index contributed by atoms with van der Waals surface area (Å²) in [5.41, 5.74) is 12.2. The van der Waals surface area contributed by atoms with E-state index < -0.39 is 5.91 Å². The molecule has 0 saturated heterocycles. The molecule has 2 aromatic rings. The molecule has 0 aliphatic rings. The first kappa shape index (κ1) is 10.1. The topological polar surface area (TPSA) is 99.5 Å². The van der Waals surface area contributed by atoms with Crippen molar-refractivity contribution >= 4 is 22.4 Å². The molecule has 0 aliphatic heterocycles. The zero-order chi connectivity index (χ0) is 11.7. The molecule has 2 aromatic carbocycles. The van der Waals surface area contributed by atoms with Crippen molar-refractivity contribution in [3.8, 4) is 5.75 Å². The van der Waals surface area contributed by atoms with Gasteiger partial charge in [0.05, 0.1) is 5.56 Å². The van der Waals surface area contributed by atoms with E-state index in [4.69, 9.17) is 11.3 Å². The summed E-state index contributed by atoms with van der Waals surface area (Å²) in [6.07, 6.45) is 0. The maximum Gasteiger partial charge on any atom is 0.252 e. The predicted octanol–water partition coefficient (Wildman–Crippen LogP) is 2.31. The molecule has 4 N–H and O–H groups in total. The van der Waals surface area contributed by atoms with Gasteiger partial charge in [-0.05, 0) is 11.5 Å². The normalized spacial score (nSPS) is 10.2. The van der Waals surface area contributed by atoms with Crippen molar-refractivity contribution in [2.45, 2.75) is 0 Å². The van der Waals surface area contributed by atoms with Crippen LogP contribution >= 0.6 is 0 Å². The number of benzene rings is 2. The van der Waals surface area contributed by atoms with Gasteiger partial charge in [0.15, 0.2) is 5.75 Å². The number of amides is 1. The number of primary amides is 1. The van der Waals surface area contributed by atoms with Gasteiger partial charge in [0.1, 0.15) is 5.69 Å². The van der Waals surface area contributed by atoms with Crippen molar-refractivity contribution in [1.29, 1.82) is 5.53 Å². The van der Waals surface area contributed by atoms with Gasteiger partial charge >= 0.3 is 0 Å². The first-order valence-electron chi connectivity index (χ1n) is 4.57. The third-order valence-corrected chi connectivity index (χ3v) is 2.37. The quantitative estimate of drug-likeness (QED) is 0.669. The molecule has 5 nitrogen and oxygen atoms in total. The lowest BCUT2D eigenvalue weighted by molar-refractivity contribution is 0.0998. The maximum absolute atomic E-state index is 11.1. The van der Waals surface area contributed by atoms with Crippen LogP contribution in [-0.4, -0.2) is 11.0 Å². The van der Waals surface area contributed by atoms with Crippen molar-refractivity contribution in [1.82, 2.24) is 0 Å².